The number of rotatable bonds is 5. The third kappa shape index (κ3) is 7.94. The second kappa shape index (κ2) is 21.8. The lowest BCUT2D eigenvalue weighted by atomic mass is 9.96. The van der Waals surface area contributed by atoms with E-state index in [2.05, 4.69) is 119 Å². The van der Waals surface area contributed by atoms with E-state index in [9.17, 15) is 42.1 Å². The Hall–Kier alpha value is -12.8. The summed E-state index contributed by atoms with van der Waals surface area (Å²) in [6.45, 7) is 0. The number of aromatic nitrogens is 5. The van der Waals surface area contributed by atoms with Crippen LogP contribution >= 0.6 is 12.6 Å². The van der Waals surface area contributed by atoms with Gasteiger partial charge in [-0.15, -0.1) is 0 Å². The molecule has 404 valence electrons. The van der Waals surface area contributed by atoms with Gasteiger partial charge in [0, 0.05) is 32.3 Å². The van der Waals surface area contributed by atoms with Crippen molar-refractivity contribution in [2.45, 2.75) is 12.8 Å². The molecule has 14 heteroatoms. The molecule has 0 unspecified atom stereocenters. The smallest absolute Gasteiger partial charge is 0.101 e. The summed E-state index contributed by atoms with van der Waals surface area (Å²) in [5.74, 6) is 0. The van der Waals surface area contributed by atoms with Crippen LogP contribution in [0.4, 0.5) is 0 Å². The number of benzene rings is 9. The number of fused-ring (bicyclic) bond motifs is 14. The Morgan fingerprint density at radius 1 is 0.310 bits per heavy atom. The second-order valence-corrected chi connectivity index (χ2v) is 20.3. The van der Waals surface area contributed by atoms with E-state index in [-0.39, 0.29) is 22.3 Å². The van der Waals surface area contributed by atoms with Gasteiger partial charge in [0.15, 0.2) is 0 Å². The van der Waals surface area contributed by atoms with Crippen LogP contribution in [0.2, 0.25) is 0 Å². The van der Waals surface area contributed by atoms with Gasteiger partial charge < -0.3 is 22.8 Å². The van der Waals surface area contributed by atoms with Crippen molar-refractivity contribution in [3.63, 3.8) is 0 Å². The van der Waals surface area contributed by atoms with Gasteiger partial charge in [0.05, 0.1) is 134 Å². The summed E-state index contributed by atoms with van der Waals surface area (Å²) < 4.78 is 10.1. The van der Waals surface area contributed by atoms with Crippen LogP contribution in [0.25, 0.3) is 116 Å². The Morgan fingerprint density at radius 3 is 1.09 bits per heavy atom. The molecule has 0 atom stereocenters. The zero-order valence-electron chi connectivity index (χ0n) is 46.2. The molecule has 0 spiro atoms. The zero-order chi connectivity index (χ0) is 60.0. The van der Waals surface area contributed by atoms with Crippen LogP contribution < -0.4 is 0 Å². The minimum absolute atomic E-state index is 0.271. The summed E-state index contributed by atoms with van der Waals surface area (Å²) in [7, 11) is 0. The van der Waals surface area contributed by atoms with Gasteiger partial charge in [-0.05, 0) is 104 Å². The van der Waals surface area contributed by atoms with Gasteiger partial charge in [0.1, 0.15) is 42.5 Å². The third-order valence-corrected chi connectivity index (χ3v) is 16.1. The summed E-state index contributed by atoms with van der Waals surface area (Å²) in [5.41, 5.74) is 14.1. The van der Waals surface area contributed by atoms with E-state index in [1.165, 1.54) is 0 Å². The molecule has 9 aromatic carbocycles. The molecule has 5 heterocycles. The molecule has 0 saturated carbocycles. The molecule has 0 aliphatic heterocycles. The molecule has 0 amide bonds. The van der Waals surface area contributed by atoms with Crippen LogP contribution in [0.15, 0.2) is 211 Å². The van der Waals surface area contributed by atoms with Gasteiger partial charge >= 0.3 is 0 Å². The maximum atomic E-state index is 10.4. The summed E-state index contributed by atoms with van der Waals surface area (Å²) in [6, 6.07) is 80.1. The molecule has 14 aromatic rings. The largest absolute Gasteiger partial charge is 0.308 e. The molecule has 15 rings (SSSR count). The first-order chi connectivity index (χ1) is 42.9. The van der Waals surface area contributed by atoms with Crippen LogP contribution in [0.5, 0.6) is 0 Å². The minimum Gasteiger partial charge on any atom is -0.308 e. The van der Waals surface area contributed by atoms with E-state index >= 15 is 0 Å². The summed E-state index contributed by atoms with van der Waals surface area (Å²) in [5, 5.41) is 88.2. The third-order valence-electron chi connectivity index (χ3n) is 16.1. The molecule has 1 aliphatic rings. The Morgan fingerprint density at radius 2 is 0.667 bits per heavy atom. The Kier molecular flexibility index (Phi) is 13.4. The fourth-order valence-corrected chi connectivity index (χ4v) is 12.8. The topological polar surface area (TPSA) is 215 Å². The van der Waals surface area contributed by atoms with Crippen LogP contribution in [0.1, 0.15) is 46.2 Å². The zero-order valence-corrected chi connectivity index (χ0v) is 47.1. The monoisotopic (exact) mass is 1130 g/mol. The number of hydrogen-bond donors (Lipinski definition) is 1. The molecule has 0 saturated heterocycles. The molecule has 1 aliphatic carbocycles. The van der Waals surface area contributed by atoms with Gasteiger partial charge in [0.25, 0.3) is 0 Å². The highest BCUT2D eigenvalue weighted by Crippen LogP contribution is 2.49. The number of allylic oxidation sites excluding steroid dienone is 4. The van der Waals surface area contributed by atoms with Crippen molar-refractivity contribution in [2.75, 3.05) is 6.26 Å². The molecule has 13 nitrogen and oxygen atoms in total. The fourth-order valence-electron chi connectivity index (χ4n) is 12.8. The van der Waals surface area contributed by atoms with E-state index in [0.717, 1.165) is 65.8 Å². The maximum absolute atomic E-state index is 10.4. The first kappa shape index (κ1) is 53.5. The average molecular weight is 1130 g/mol. The van der Waals surface area contributed by atoms with E-state index in [1.54, 1.807) is 42.7 Å². The van der Waals surface area contributed by atoms with Crippen molar-refractivity contribution in [3.8, 4) is 71.3 Å². The van der Waals surface area contributed by atoms with Gasteiger partial charge in [0.2, 0.25) is 0 Å². The molecule has 0 radical (unpaired) electrons. The van der Waals surface area contributed by atoms with Crippen LogP contribution in [-0.2, 0) is 0 Å². The molecular formula is C73H41N13S. The van der Waals surface area contributed by atoms with Crippen LogP contribution in [0.3, 0.4) is 0 Å². The Balaban J connectivity index is 0.000000163. The number of hydrogen-bond acceptors (Lipinski definition) is 9. The van der Waals surface area contributed by atoms with Crippen molar-refractivity contribution in [1.29, 1.82) is 42.1 Å². The standard InChI is InChI=1S/C40H19N9.C32H18N4.CH4S/c41-18-24-8-5-9-25(19-42)34(24)47-32-16-3-1-14-30(32)37-39(47)40-38(49(37)36-28(22-45)12-7-13-29(36)23-46)31-15-2-4-17-33(31)48(40)35-26(20-43)10-6-11-27(35)21-44;33-19-21-9-1-5-13-25(21)35-27-15-7-3-11-23(27)31-29(35)17-18-30-32(31)24-12-4-8-16-28(24)36(30)26-14-6-2-10-22(26)20-34;1-2/h1-5,7-10,12-17H,6,11H2;1-18H;2H,1H3. The van der Waals surface area contributed by atoms with E-state index in [4.69, 9.17) is 0 Å². The highest BCUT2D eigenvalue weighted by atomic mass is 32.1. The fraction of sp³-hybridized carbons (Fsp3) is 0.0411. The van der Waals surface area contributed by atoms with Crippen LogP contribution in [0, 0.1) is 90.6 Å². The normalized spacial score (nSPS) is 11.9. The molecule has 87 heavy (non-hydrogen) atoms. The van der Waals surface area contributed by atoms with Crippen molar-refractivity contribution in [3.05, 3.63) is 245 Å². The summed E-state index contributed by atoms with van der Waals surface area (Å²) >= 11 is 3.53. The molecular weight excluding hydrogens is 1090 g/mol. The van der Waals surface area contributed by atoms with Gasteiger partial charge in [-0.3, -0.25) is 0 Å². The maximum Gasteiger partial charge on any atom is 0.101 e. The van der Waals surface area contributed by atoms with Crippen molar-refractivity contribution in [2.24, 2.45) is 0 Å². The SMILES string of the molecule is CS.N#CC1=CCCC(C#N)=C1n1c2ccccc2c2c1c1c(c3ccccc3n1-c1c(C#N)cccc1C#N)n2-c1c(C#N)cccc1C#N.N#Cc1ccccc1-n1c2ccccc2c2c3c4ccccc4n(-c4ccccc4C#N)c3ccc21. The van der Waals surface area contributed by atoms with Crippen LogP contribution in [-0.4, -0.2) is 29.1 Å². The lowest BCUT2D eigenvalue weighted by molar-refractivity contribution is 0.967. The van der Waals surface area contributed by atoms with Crippen molar-refractivity contribution < 1.29 is 0 Å². The van der Waals surface area contributed by atoms with Crippen molar-refractivity contribution >= 4 is 106 Å². The first-order valence-corrected chi connectivity index (χ1v) is 28.4. The second-order valence-electron chi connectivity index (χ2n) is 20.3. The molecule has 0 fully saturated rings. The molecule has 5 aromatic heterocycles. The van der Waals surface area contributed by atoms with Gasteiger partial charge in [-0.25, -0.2) is 0 Å². The van der Waals surface area contributed by atoms with Crippen molar-refractivity contribution in [1.82, 2.24) is 22.8 Å². The first-order valence-electron chi connectivity index (χ1n) is 27.5. The Labute approximate surface area is 503 Å². The lowest BCUT2D eigenvalue weighted by Gasteiger charge is -2.18. The number of thiol groups is 1. The highest BCUT2D eigenvalue weighted by molar-refractivity contribution is 7.79. The number of nitriles is 8. The quantitative estimate of drug-likeness (QED) is 0.163. The summed E-state index contributed by atoms with van der Waals surface area (Å²) in [6.07, 6.45) is 4.50. The van der Waals surface area contributed by atoms with E-state index < -0.39 is 0 Å². The number of nitrogens with zero attached hydrogens (tertiary/aromatic N) is 13. The van der Waals surface area contributed by atoms with Gasteiger partial charge in [-0.1, -0.05) is 115 Å². The lowest BCUT2D eigenvalue weighted by Crippen LogP contribution is -2.07. The molecule has 0 N–H and O–H groups in total. The predicted octanol–water partition coefficient (Wildman–Crippen LogP) is 16.3. The van der Waals surface area contributed by atoms with E-state index in [1.807, 2.05) is 129 Å². The predicted molar refractivity (Wildman–Crippen MR) is 343 cm³/mol. The van der Waals surface area contributed by atoms with Gasteiger partial charge in [-0.2, -0.15) is 54.7 Å². The minimum atomic E-state index is 0.271. The summed E-state index contributed by atoms with van der Waals surface area (Å²) in [4.78, 5) is 0. The average Bonchev–Trinajstić information content (AvgIpc) is 1.53. The van der Waals surface area contributed by atoms with E-state index in [0.29, 0.717) is 85.3 Å². The number of para-hydroxylation sites is 8. The highest BCUT2D eigenvalue weighted by Gasteiger charge is 2.33. The molecule has 0 bridgehead atoms. The Bertz CT molecular complexity index is 5520.